The number of nitrogens with one attached hydrogen (secondary N) is 1. The SMILES string of the molecule is CCOC(=O)N1CCN(C(C(=O)O)c2c[nH]c3ccccc23)CC1. The molecule has 0 saturated carbocycles. The Morgan fingerprint density at radius 3 is 2.62 bits per heavy atom. The summed E-state index contributed by atoms with van der Waals surface area (Å²) in [5, 5.41) is 10.7. The van der Waals surface area contributed by atoms with E-state index in [-0.39, 0.29) is 6.09 Å². The Kier molecular flexibility index (Phi) is 4.71. The smallest absolute Gasteiger partial charge is 0.409 e. The average molecular weight is 331 g/mol. The van der Waals surface area contributed by atoms with Crippen LogP contribution in [0.1, 0.15) is 18.5 Å². The fraction of sp³-hybridized carbons (Fsp3) is 0.412. The molecule has 1 saturated heterocycles. The normalized spacial score (nSPS) is 17.0. The van der Waals surface area contributed by atoms with E-state index in [4.69, 9.17) is 4.74 Å². The Bertz CT molecular complexity index is 734. The van der Waals surface area contributed by atoms with Crippen molar-refractivity contribution in [1.82, 2.24) is 14.8 Å². The number of benzene rings is 1. The van der Waals surface area contributed by atoms with Crippen LogP contribution < -0.4 is 0 Å². The Labute approximate surface area is 139 Å². The van der Waals surface area contributed by atoms with Crippen molar-refractivity contribution in [3.05, 3.63) is 36.0 Å². The number of piperazine rings is 1. The average Bonchev–Trinajstić information content (AvgIpc) is 3.00. The lowest BCUT2D eigenvalue weighted by molar-refractivity contribution is -0.144. The number of aromatic nitrogens is 1. The molecule has 0 aliphatic carbocycles. The van der Waals surface area contributed by atoms with Crippen molar-refractivity contribution < 1.29 is 19.4 Å². The summed E-state index contributed by atoms with van der Waals surface area (Å²) in [7, 11) is 0. The number of hydrogen-bond donors (Lipinski definition) is 2. The van der Waals surface area contributed by atoms with Crippen LogP contribution in [0.3, 0.4) is 0 Å². The summed E-state index contributed by atoms with van der Waals surface area (Å²) in [4.78, 5) is 30.3. The third-order valence-corrected chi connectivity index (χ3v) is 4.36. The van der Waals surface area contributed by atoms with Gasteiger partial charge in [0.05, 0.1) is 6.61 Å². The van der Waals surface area contributed by atoms with Gasteiger partial charge in [-0.3, -0.25) is 9.69 Å². The van der Waals surface area contributed by atoms with Crippen molar-refractivity contribution in [3.63, 3.8) is 0 Å². The molecule has 0 spiro atoms. The molecule has 1 amide bonds. The van der Waals surface area contributed by atoms with Crippen molar-refractivity contribution in [3.8, 4) is 0 Å². The van der Waals surface area contributed by atoms with Gasteiger partial charge in [-0.05, 0) is 13.0 Å². The number of hydrogen-bond acceptors (Lipinski definition) is 4. The minimum atomic E-state index is -0.885. The molecule has 1 aliphatic heterocycles. The number of rotatable bonds is 4. The van der Waals surface area contributed by atoms with E-state index in [2.05, 4.69) is 4.98 Å². The molecular weight excluding hydrogens is 310 g/mol. The molecule has 1 unspecified atom stereocenters. The zero-order chi connectivity index (χ0) is 17.1. The highest BCUT2D eigenvalue weighted by Crippen LogP contribution is 2.29. The van der Waals surface area contributed by atoms with Crippen molar-refractivity contribution >= 4 is 23.0 Å². The van der Waals surface area contributed by atoms with Crippen LogP contribution in [0.25, 0.3) is 10.9 Å². The van der Waals surface area contributed by atoms with Crippen LogP contribution >= 0.6 is 0 Å². The van der Waals surface area contributed by atoms with E-state index in [9.17, 15) is 14.7 Å². The van der Waals surface area contributed by atoms with E-state index in [0.29, 0.717) is 32.8 Å². The predicted molar refractivity (Wildman–Crippen MR) is 88.8 cm³/mol. The van der Waals surface area contributed by atoms with Crippen LogP contribution in [0.2, 0.25) is 0 Å². The van der Waals surface area contributed by atoms with Crippen LogP contribution in [0.4, 0.5) is 4.79 Å². The van der Waals surface area contributed by atoms with Crippen molar-refractivity contribution in [2.45, 2.75) is 13.0 Å². The van der Waals surface area contributed by atoms with Gasteiger partial charge in [0.1, 0.15) is 6.04 Å². The summed E-state index contributed by atoms with van der Waals surface area (Å²) in [6.07, 6.45) is 1.43. The van der Waals surface area contributed by atoms with Gasteiger partial charge in [-0.15, -0.1) is 0 Å². The Morgan fingerprint density at radius 2 is 1.96 bits per heavy atom. The van der Waals surface area contributed by atoms with E-state index in [0.717, 1.165) is 16.5 Å². The maximum absolute atomic E-state index is 11.9. The Morgan fingerprint density at radius 1 is 1.25 bits per heavy atom. The number of H-pyrrole nitrogens is 1. The van der Waals surface area contributed by atoms with Gasteiger partial charge in [0.2, 0.25) is 0 Å². The molecule has 2 aromatic rings. The molecule has 1 aromatic heterocycles. The van der Waals surface area contributed by atoms with Crippen LogP contribution in [0.15, 0.2) is 30.5 Å². The lowest BCUT2D eigenvalue weighted by Gasteiger charge is -2.37. The number of carbonyl (C=O) groups excluding carboxylic acids is 1. The van der Waals surface area contributed by atoms with Gasteiger partial charge in [-0.1, -0.05) is 18.2 Å². The van der Waals surface area contributed by atoms with Gasteiger partial charge < -0.3 is 19.7 Å². The molecule has 0 radical (unpaired) electrons. The maximum atomic E-state index is 11.9. The number of fused-ring (bicyclic) bond motifs is 1. The second kappa shape index (κ2) is 6.92. The number of carbonyl (C=O) groups is 2. The van der Waals surface area contributed by atoms with Crippen LogP contribution in [-0.2, 0) is 9.53 Å². The quantitative estimate of drug-likeness (QED) is 0.896. The van der Waals surface area contributed by atoms with Gasteiger partial charge in [0, 0.05) is 48.8 Å². The van der Waals surface area contributed by atoms with Crippen LogP contribution in [0.5, 0.6) is 0 Å². The summed E-state index contributed by atoms with van der Waals surface area (Å²) in [6.45, 7) is 4.03. The molecule has 7 heteroatoms. The van der Waals surface area contributed by atoms with E-state index in [1.165, 1.54) is 0 Å². The van der Waals surface area contributed by atoms with Gasteiger partial charge in [0.25, 0.3) is 0 Å². The molecule has 1 aromatic carbocycles. The molecule has 1 atom stereocenters. The lowest BCUT2D eigenvalue weighted by Crippen LogP contribution is -2.51. The van der Waals surface area contributed by atoms with Gasteiger partial charge >= 0.3 is 12.1 Å². The highest BCUT2D eigenvalue weighted by atomic mass is 16.6. The molecular formula is C17H21N3O4. The van der Waals surface area contributed by atoms with Crippen LogP contribution in [0, 0.1) is 0 Å². The number of aromatic amines is 1. The van der Waals surface area contributed by atoms with E-state index in [1.807, 2.05) is 29.2 Å². The molecule has 24 heavy (non-hydrogen) atoms. The standard InChI is InChI=1S/C17H21N3O4/c1-2-24-17(23)20-9-7-19(8-10-20)15(16(21)22)13-11-18-14-6-4-3-5-12(13)14/h3-6,11,15,18H,2,7-10H2,1H3,(H,21,22). The lowest BCUT2D eigenvalue weighted by atomic mass is 10.0. The first kappa shape index (κ1) is 16.3. The molecule has 7 nitrogen and oxygen atoms in total. The zero-order valence-corrected chi connectivity index (χ0v) is 13.6. The predicted octanol–water partition coefficient (Wildman–Crippen LogP) is 2.07. The minimum Gasteiger partial charge on any atom is -0.480 e. The van der Waals surface area contributed by atoms with Gasteiger partial charge in [0.15, 0.2) is 0 Å². The second-order valence-corrected chi connectivity index (χ2v) is 5.75. The summed E-state index contributed by atoms with van der Waals surface area (Å²) in [6, 6.07) is 6.93. The number of para-hydroxylation sites is 1. The fourth-order valence-electron chi connectivity index (χ4n) is 3.18. The number of amides is 1. The summed E-state index contributed by atoms with van der Waals surface area (Å²) >= 11 is 0. The summed E-state index contributed by atoms with van der Waals surface area (Å²) < 4.78 is 5.00. The molecule has 2 N–H and O–H groups in total. The molecule has 3 rings (SSSR count). The number of ether oxygens (including phenoxy) is 1. The minimum absolute atomic E-state index is 0.337. The highest BCUT2D eigenvalue weighted by molar-refractivity contribution is 5.89. The zero-order valence-electron chi connectivity index (χ0n) is 13.6. The third-order valence-electron chi connectivity index (χ3n) is 4.36. The fourth-order valence-corrected chi connectivity index (χ4v) is 3.18. The first-order chi connectivity index (χ1) is 11.6. The van der Waals surface area contributed by atoms with Gasteiger partial charge in [-0.2, -0.15) is 0 Å². The first-order valence-electron chi connectivity index (χ1n) is 8.06. The van der Waals surface area contributed by atoms with E-state index < -0.39 is 12.0 Å². The number of carboxylic acids is 1. The number of carboxylic acid groups (broad SMARTS) is 1. The number of aliphatic carboxylic acids is 1. The van der Waals surface area contributed by atoms with Crippen molar-refractivity contribution in [2.75, 3.05) is 32.8 Å². The summed E-state index contributed by atoms with van der Waals surface area (Å²) in [5.41, 5.74) is 1.67. The molecule has 1 aliphatic rings. The highest BCUT2D eigenvalue weighted by Gasteiger charge is 2.33. The maximum Gasteiger partial charge on any atom is 0.409 e. The molecule has 1 fully saturated rings. The summed E-state index contributed by atoms with van der Waals surface area (Å²) in [5.74, 6) is -0.885. The van der Waals surface area contributed by atoms with Crippen LogP contribution in [-0.4, -0.2) is 64.7 Å². The molecule has 128 valence electrons. The van der Waals surface area contributed by atoms with E-state index >= 15 is 0 Å². The largest absolute Gasteiger partial charge is 0.480 e. The Hall–Kier alpha value is -2.54. The van der Waals surface area contributed by atoms with E-state index in [1.54, 1.807) is 18.0 Å². The first-order valence-corrected chi connectivity index (χ1v) is 8.06. The van der Waals surface area contributed by atoms with Crippen molar-refractivity contribution in [2.24, 2.45) is 0 Å². The van der Waals surface area contributed by atoms with Gasteiger partial charge in [-0.25, -0.2) is 4.79 Å². The number of nitrogens with zero attached hydrogens (tertiary/aromatic N) is 2. The monoisotopic (exact) mass is 331 g/mol. The van der Waals surface area contributed by atoms with Crippen molar-refractivity contribution in [1.29, 1.82) is 0 Å². The molecule has 0 bridgehead atoms. The molecule has 2 heterocycles. The second-order valence-electron chi connectivity index (χ2n) is 5.75. The Balaban J connectivity index is 1.78. The third kappa shape index (κ3) is 3.07. The topological polar surface area (TPSA) is 85.9 Å².